The van der Waals surface area contributed by atoms with Gasteiger partial charge in [-0.05, 0) is 25.6 Å². The molecule has 6 nitrogen and oxygen atoms in total. The summed E-state index contributed by atoms with van der Waals surface area (Å²) in [5.74, 6) is 0.771. The summed E-state index contributed by atoms with van der Waals surface area (Å²) in [6, 6.07) is 1.92. The van der Waals surface area contributed by atoms with E-state index in [1.54, 1.807) is 25.7 Å². The molecule has 0 aliphatic carbocycles. The smallest absolute Gasteiger partial charge is 0.161 e. The minimum Gasteiger partial charge on any atom is -0.493 e. The zero-order valence-electron chi connectivity index (χ0n) is 10.8. The zero-order chi connectivity index (χ0) is 13.0. The Bertz CT molecular complexity index is 475. The van der Waals surface area contributed by atoms with Crippen molar-refractivity contribution in [2.45, 2.75) is 19.5 Å². The van der Waals surface area contributed by atoms with Crippen LogP contribution in [0, 0.1) is 0 Å². The topological polar surface area (TPSA) is 64.9 Å². The summed E-state index contributed by atoms with van der Waals surface area (Å²) in [6.45, 7) is 2.84. The summed E-state index contributed by atoms with van der Waals surface area (Å²) in [4.78, 5) is 0. The van der Waals surface area contributed by atoms with E-state index < -0.39 is 0 Å². The van der Waals surface area contributed by atoms with Gasteiger partial charge >= 0.3 is 0 Å². The van der Waals surface area contributed by atoms with Gasteiger partial charge in [0.1, 0.15) is 5.69 Å². The molecule has 0 bridgehead atoms. The van der Waals surface area contributed by atoms with E-state index in [1.165, 1.54) is 0 Å². The maximum absolute atomic E-state index is 5.37. The number of rotatable bonds is 5. The molecule has 0 aliphatic heterocycles. The Morgan fingerprint density at radius 3 is 2.78 bits per heavy atom. The van der Waals surface area contributed by atoms with E-state index in [4.69, 9.17) is 4.74 Å². The molecule has 0 saturated heterocycles. The van der Waals surface area contributed by atoms with E-state index in [0.717, 1.165) is 23.6 Å². The Morgan fingerprint density at radius 1 is 1.39 bits per heavy atom. The molecule has 96 valence electrons. The molecule has 1 atom stereocenters. The highest BCUT2D eigenvalue weighted by Gasteiger charge is 2.21. The van der Waals surface area contributed by atoms with Crippen LogP contribution < -0.4 is 10.1 Å². The minimum absolute atomic E-state index is 0.0158. The molecule has 0 fully saturated rings. The molecule has 0 radical (unpaired) electrons. The van der Waals surface area contributed by atoms with Crippen molar-refractivity contribution in [2.24, 2.45) is 0 Å². The van der Waals surface area contributed by atoms with Crippen molar-refractivity contribution in [3.8, 4) is 5.75 Å². The molecule has 2 aromatic rings. The lowest BCUT2D eigenvalue weighted by Crippen LogP contribution is -2.22. The molecule has 0 aliphatic rings. The Morgan fingerprint density at radius 2 is 2.22 bits per heavy atom. The van der Waals surface area contributed by atoms with Crippen molar-refractivity contribution < 1.29 is 4.74 Å². The summed E-state index contributed by atoms with van der Waals surface area (Å²) in [5, 5.41) is 15.3. The van der Waals surface area contributed by atoms with Gasteiger partial charge < -0.3 is 10.1 Å². The quantitative estimate of drug-likeness (QED) is 0.854. The molecule has 6 heteroatoms. The molecule has 2 rings (SSSR count). The number of nitrogens with zero attached hydrogens (tertiary/aromatic N) is 4. The lowest BCUT2D eigenvalue weighted by molar-refractivity contribution is 0.401. The van der Waals surface area contributed by atoms with Gasteiger partial charge in [-0.1, -0.05) is 0 Å². The van der Waals surface area contributed by atoms with Gasteiger partial charge in [-0.15, -0.1) is 0 Å². The fourth-order valence-corrected chi connectivity index (χ4v) is 2.01. The van der Waals surface area contributed by atoms with Gasteiger partial charge in [0, 0.05) is 12.7 Å². The third-order valence-corrected chi connectivity index (χ3v) is 2.87. The molecule has 2 aromatic heterocycles. The number of hydrogen-bond acceptors (Lipinski definition) is 5. The van der Waals surface area contributed by atoms with E-state index >= 15 is 0 Å². The van der Waals surface area contributed by atoms with Crippen LogP contribution >= 0.6 is 0 Å². The summed E-state index contributed by atoms with van der Waals surface area (Å²) in [7, 11) is 3.55. The number of hydrogen-bond donors (Lipinski definition) is 1. The first-order valence-electron chi connectivity index (χ1n) is 5.85. The van der Waals surface area contributed by atoms with Crippen LogP contribution in [0.3, 0.4) is 0 Å². The molecular weight excluding hydrogens is 230 g/mol. The monoisotopic (exact) mass is 247 g/mol. The van der Waals surface area contributed by atoms with E-state index in [1.807, 2.05) is 24.7 Å². The second kappa shape index (κ2) is 5.59. The molecule has 18 heavy (non-hydrogen) atoms. The van der Waals surface area contributed by atoms with Crippen LogP contribution in [-0.2, 0) is 6.54 Å². The van der Waals surface area contributed by atoms with E-state index in [-0.39, 0.29) is 6.04 Å². The van der Waals surface area contributed by atoms with E-state index in [0.29, 0.717) is 0 Å². The highest BCUT2D eigenvalue weighted by molar-refractivity contribution is 5.35. The average molecular weight is 247 g/mol. The molecule has 2 heterocycles. The van der Waals surface area contributed by atoms with Crippen LogP contribution in [-0.4, -0.2) is 34.1 Å². The first-order chi connectivity index (χ1) is 8.81. The molecule has 0 amide bonds. The van der Waals surface area contributed by atoms with Crippen LogP contribution in [0.1, 0.15) is 24.2 Å². The van der Waals surface area contributed by atoms with E-state index in [2.05, 4.69) is 20.6 Å². The van der Waals surface area contributed by atoms with Crippen LogP contribution in [0.2, 0.25) is 0 Å². The molecule has 1 unspecified atom stereocenters. The van der Waals surface area contributed by atoms with Gasteiger partial charge in [0.15, 0.2) is 5.75 Å². The number of ether oxygens (including phenoxy) is 1. The number of aryl methyl sites for hydroxylation is 1. The lowest BCUT2D eigenvalue weighted by Gasteiger charge is -2.18. The van der Waals surface area contributed by atoms with Crippen molar-refractivity contribution in [3.05, 3.63) is 35.9 Å². The minimum atomic E-state index is -0.0158. The van der Waals surface area contributed by atoms with Gasteiger partial charge in [-0.3, -0.25) is 4.68 Å². The van der Waals surface area contributed by atoms with E-state index in [9.17, 15) is 0 Å². The van der Waals surface area contributed by atoms with Gasteiger partial charge in [0.2, 0.25) is 0 Å². The maximum Gasteiger partial charge on any atom is 0.161 e. The first kappa shape index (κ1) is 12.5. The van der Waals surface area contributed by atoms with Crippen LogP contribution in [0.15, 0.2) is 24.7 Å². The average Bonchev–Trinajstić information content (AvgIpc) is 2.84. The van der Waals surface area contributed by atoms with Gasteiger partial charge in [-0.2, -0.15) is 15.3 Å². The largest absolute Gasteiger partial charge is 0.493 e. The predicted octanol–water partition coefficient (Wildman–Crippen LogP) is 1.01. The summed E-state index contributed by atoms with van der Waals surface area (Å²) < 4.78 is 7.29. The summed E-state index contributed by atoms with van der Waals surface area (Å²) in [6.07, 6.45) is 5.16. The third kappa shape index (κ3) is 2.19. The fourth-order valence-electron chi connectivity index (χ4n) is 2.01. The van der Waals surface area contributed by atoms with Crippen molar-refractivity contribution >= 4 is 0 Å². The Labute approximate surface area is 106 Å². The maximum atomic E-state index is 5.37. The highest BCUT2D eigenvalue weighted by atomic mass is 16.5. The number of aromatic nitrogens is 4. The van der Waals surface area contributed by atoms with Crippen LogP contribution in [0.4, 0.5) is 0 Å². The SMILES string of the molecule is CCn1ncc(OC)c1C(NC)c1ccnnc1. The Kier molecular flexibility index (Phi) is 3.88. The van der Waals surface area contributed by atoms with Crippen molar-refractivity contribution in [3.63, 3.8) is 0 Å². The Hall–Kier alpha value is -1.95. The van der Waals surface area contributed by atoms with Crippen LogP contribution in [0.5, 0.6) is 5.75 Å². The van der Waals surface area contributed by atoms with Crippen molar-refractivity contribution in [2.75, 3.05) is 14.2 Å². The number of nitrogens with one attached hydrogen (secondary N) is 1. The molecular formula is C12H17N5O. The van der Waals surface area contributed by atoms with Gasteiger partial charge in [-0.25, -0.2) is 0 Å². The standard InChI is InChI=1S/C12H17N5O/c1-4-17-12(10(18-3)8-16-17)11(13-2)9-5-6-14-15-7-9/h5-8,11,13H,4H2,1-3H3. The number of methoxy groups -OCH3 is 1. The second-order valence-corrected chi connectivity index (χ2v) is 3.81. The van der Waals surface area contributed by atoms with Crippen LogP contribution in [0.25, 0.3) is 0 Å². The third-order valence-electron chi connectivity index (χ3n) is 2.87. The summed E-state index contributed by atoms with van der Waals surface area (Å²) in [5.41, 5.74) is 2.02. The predicted molar refractivity (Wildman–Crippen MR) is 67.4 cm³/mol. The van der Waals surface area contributed by atoms with Gasteiger partial charge in [0.05, 0.1) is 25.5 Å². The fraction of sp³-hybridized carbons (Fsp3) is 0.417. The molecule has 0 saturated carbocycles. The first-order valence-corrected chi connectivity index (χ1v) is 5.85. The molecule has 1 N–H and O–H groups in total. The summed E-state index contributed by atoms with van der Waals surface area (Å²) >= 11 is 0. The Balaban J connectivity index is 2.47. The van der Waals surface area contributed by atoms with Crippen molar-refractivity contribution in [1.82, 2.24) is 25.3 Å². The zero-order valence-corrected chi connectivity index (χ0v) is 10.8. The van der Waals surface area contributed by atoms with Gasteiger partial charge in [0.25, 0.3) is 0 Å². The normalized spacial score (nSPS) is 12.4. The van der Waals surface area contributed by atoms with Crippen molar-refractivity contribution in [1.29, 1.82) is 0 Å². The molecule has 0 spiro atoms. The molecule has 0 aromatic carbocycles. The highest BCUT2D eigenvalue weighted by Crippen LogP contribution is 2.29. The lowest BCUT2D eigenvalue weighted by atomic mass is 10.1. The second-order valence-electron chi connectivity index (χ2n) is 3.81.